The van der Waals surface area contributed by atoms with E-state index in [-0.39, 0.29) is 35.3 Å². The monoisotopic (exact) mass is 224 g/mol. The third-order valence-corrected chi connectivity index (χ3v) is 1.91. The van der Waals surface area contributed by atoms with Gasteiger partial charge in [0.2, 0.25) is 0 Å². The molecule has 0 bridgehead atoms. The van der Waals surface area contributed by atoms with Gasteiger partial charge in [-0.25, -0.2) is 8.42 Å². The first-order valence-electron chi connectivity index (χ1n) is 3.61. The van der Waals surface area contributed by atoms with Gasteiger partial charge in [0.05, 0.1) is 0 Å². The van der Waals surface area contributed by atoms with Crippen molar-refractivity contribution in [2.24, 2.45) is 0 Å². The van der Waals surface area contributed by atoms with Crippen molar-refractivity contribution in [2.75, 3.05) is 0 Å². The summed E-state index contributed by atoms with van der Waals surface area (Å²) >= 11 is 0. The molecule has 0 aliphatic heterocycles. The molecule has 4 nitrogen and oxygen atoms in total. The molecule has 0 heterocycles. The second-order valence-electron chi connectivity index (χ2n) is 2.76. The second kappa shape index (κ2) is 5.14. The van der Waals surface area contributed by atoms with Crippen LogP contribution in [0.2, 0.25) is 0 Å². The fourth-order valence-corrected chi connectivity index (χ4v) is 1.41. The molecule has 0 N–H and O–H groups in total. The Morgan fingerprint density at radius 3 is 2.29 bits per heavy atom. The smallest absolute Gasteiger partial charge is 0.716 e. The molecule has 0 aromatic heterocycles. The van der Waals surface area contributed by atoms with Crippen LogP contribution in [0, 0.1) is 13.8 Å². The topological polar surface area (TPSA) is 66.4 Å². The van der Waals surface area contributed by atoms with Gasteiger partial charge < -0.3 is 8.74 Å². The first-order valence-corrected chi connectivity index (χ1v) is 4.94. The van der Waals surface area contributed by atoms with Gasteiger partial charge >= 0.3 is 29.6 Å². The van der Waals surface area contributed by atoms with Gasteiger partial charge in [0.25, 0.3) is 10.4 Å². The maximum atomic E-state index is 10.3. The van der Waals surface area contributed by atoms with Crippen molar-refractivity contribution in [1.82, 2.24) is 0 Å². The van der Waals surface area contributed by atoms with Gasteiger partial charge in [-0.15, -0.1) is 0 Å². The molecule has 0 aliphatic rings. The van der Waals surface area contributed by atoms with Crippen molar-refractivity contribution in [3.05, 3.63) is 29.3 Å². The molecule has 6 heteroatoms. The maximum Gasteiger partial charge on any atom is 1.00 e. The zero-order valence-electron chi connectivity index (χ0n) is 8.27. The first kappa shape index (κ1) is 13.9. The maximum absolute atomic E-state index is 10.3. The van der Waals surface area contributed by atoms with Crippen molar-refractivity contribution in [3.63, 3.8) is 0 Å². The van der Waals surface area contributed by atoms with Crippen molar-refractivity contribution < 1.29 is 46.7 Å². The zero-order chi connectivity index (χ0) is 10.1. The summed E-state index contributed by atoms with van der Waals surface area (Å²) in [7, 11) is -4.66. The van der Waals surface area contributed by atoms with Crippen LogP contribution in [0.15, 0.2) is 18.2 Å². The van der Waals surface area contributed by atoms with E-state index in [1.54, 1.807) is 19.1 Å². The summed E-state index contributed by atoms with van der Waals surface area (Å²) in [5.74, 6) is 0.0839. The van der Waals surface area contributed by atoms with Crippen LogP contribution in [0.3, 0.4) is 0 Å². The Balaban J connectivity index is 0.00000169. The van der Waals surface area contributed by atoms with Gasteiger partial charge in [0.1, 0.15) is 5.75 Å². The van der Waals surface area contributed by atoms with E-state index in [1.807, 2.05) is 6.92 Å². The third-order valence-electron chi connectivity index (χ3n) is 1.52. The van der Waals surface area contributed by atoms with Crippen LogP contribution in [0.4, 0.5) is 0 Å². The number of aryl methyl sites for hydroxylation is 2. The predicted octanol–water partition coefficient (Wildman–Crippen LogP) is -1.85. The number of benzene rings is 1. The molecule has 0 radical (unpaired) electrons. The number of hydrogen-bond donors (Lipinski definition) is 0. The third kappa shape index (κ3) is 4.43. The molecule has 0 unspecified atom stereocenters. The van der Waals surface area contributed by atoms with E-state index in [9.17, 15) is 13.0 Å². The summed E-state index contributed by atoms with van der Waals surface area (Å²) in [5, 5.41) is 0. The van der Waals surface area contributed by atoms with E-state index in [0.29, 0.717) is 5.56 Å². The quantitative estimate of drug-likeness (QED) is 0.336. The normalized spacial score (nSPS) is 10.5. The van der Waals surface area contributed by atoms with Crippen molar-refractivity contribution >= 4 is 10.4 Å². The van der Waals surface area contributed by atoms with Crippen LogP contribution in [0.5, 0.6) is 5.75 Å². The Labute approximate surface area is 106 Å². The van der Waals surface area contributed by atoms with Gasteiger partial charge in [-0.1, -0.05) is 17.7 Å². The van der Waals surface area contributed by atoms with E-state index in [0.717, 1.165) is 5.56 Å². The molecule has 14 heavy (non-hydrogen) atoms. The van der Waals surface area contributed by atoms with Gasteiger partial charge in [-0.05, 0) is 25.5 Å². The van der Waals surface area contributed by atoms with Gasteiger partial charge in [0.15, 0.2) is 0 Å². The summed E-state index contributed by atoms with van der Waals surface area (Å²) in [6.45, 7) is 3.54. The van der Waals surface area contributed by atoms with Crippen LogP contribution in [0.1, 0.15) is 11.1 Å². The molecule has 1 rings (SSSR count). The van der Waals surface area contributed by atoms with Crippen LogP contribution < -0.4 is 33.7 Å². The molecule has 0 fully saturated rings. The summed E-state index contributed by atoms with van der Waals surface area (Å²) in [4.78, 5) is 0. The minimum atomic E-state index is -4.66. The molecule has 0 spiro atoms. The minimum Gasteiger partial charge on any atom is -0.716 e. The average Bonchev–Trinajstić information content (AvgIpc) is 1.93. The Kier molecular flexibility index (Phi) is 5.11. The number of rotatable bonds is 2. The molecule has 0 atom stereocenters. The van der Waals surface area contributed by atoms with Crippen molar-refractivity contribution in [2.45, 2.75) is 13.8 Å². The Hall–Kier alpha value is -0.0700. The predicted molar refractivity (Wildman–Crippen MR) is 46.2 cm³/mol. The summed E-state index contributed by atoms with van der Waals surface area (Å²) < 4.78 is 35.0. The molecular formula is C8H9NaO4S. The largest absolute Gasteiger partial charge is 1.00 e. The fourth-order valence-electron chi connectivity index (χ4n) is 1.00. The van der Waals surface area contributed by atoms with E-state index >= 15 is 0 Å². The van der Waals surface area contributed by atoms with Crippen molar-refractivity contribution in [1.29, 1.82) is 0 Å². The molecule has 72 valence electrons. The first-order chi connectivity index (χ1) is 5.88. The molecule has 0 saturated carbocycles. The van der Waals surface area contributed by atoms with Crippen LogP contribution in [-0.2, 0) is 10.4 Å². The summed E-state index contributed by atoms with van der Waals surface area (Å²) in [5.41, 5.74) is 1.60. The molecule has 0 amide bonds. The zero-order valence-corrected chi connectivity index (χ0v) is 11.1. The standard InChI is InChI=1S/C8H10O4S.Na/c1-6-3-4-8(7(2)5-6)12-13(9,10)11;/h3-5H,1-2H3,(H,9,10,11);/q;+1/p-1. The van der Waals surface area contributed by atoms with E-state index in [1.165, 1.54) is 6.07 Å². The molecule has 1 aromatic carbocycles. The minimum absolute atomic E-state index is 0. The summed E-state index contributed by atoms with van der Waals surface area (Å²) in [6.07, 6.45) is 0. The Bertz CT molecular complexity index is 413. The van der Waals surface area contributed by atoms with Crippen molar-refractivity contribution in [3.8, 4) is 5.75 Å². The van der Waals surface area contributed by atoms with Crippen LogP contribution in [-0.4, -0.2) is 13.0 Å². The van der Waals surface area contributed by atoms with Gasteiger partial charge in [0, 0.05) is 0 Å². The molecule has 0 saturated heterocycles. The Morgan fingerprint density at radius 1 is 1.29 bits per heavy atom. The fraction of sp³-hybridized carbons (Fsp3) is 0.250. The second-order valence-corrected chi connectivity index (χ2v) is 3.74. The Morgan fingerprint density at radius 2 is 1.86 bits per heavy atom. The molecule has 0 aliphatic carbocycles. The number of hydrogen-bond acceptors (Lipinski definition) is 4. The SMILES string of the molecule is Cc1ccc(OS(=O)(=O)[O-])c(C)c1.[Na+]. The van der Waals surface area contributed by atoms with E-state index in [4.69, 9.17) is 0 Å². The average molecular weight is 224 g/mol. The van der Waals surface area contributed by atoms with E-state index < -0.39 is 10.4 Å². The van der Waals surface area contributed by atoms with Crippen LogP contribution >= 0.6 is 0 Å². The molecular weight excluding hydrogens is 215 g/mol. The van der Waals surface area contributed by atoms with Gasteiger partial charge in [-0.2, -0.15) is 0 Å². The molecule has 1 aromatic rings. The van der Waals surface area contributed by atoms with Gasteiger partial charge in [-0.3, -0.25) is 0 Å². The van der Waals surface area contributed by atoms with Crippen LogP contribution in [0.25, 0.3) is 0 Å². The summed E-state index contributed by atoms with van der Waals surface area (Å²) in [6, 6.07) is 4.87. The van der Waals surface area contributed by atoms with E-state index in [2.05, 4.69) is 4.18 Å².